The van der Waals surface area contributed by atoms with Gasteiger partial charge in [-0.1, -0.05) is 30.3 Å². The predicted octanol–water partition coefficient (Wildman–Crippen LogP) is 3.25. The van der Waals surface area contributed by atoms with Gasteiger partial charge in [-0.25, -0.2) is 0 Å². The van der Waals surface area contributed by atoms with E-state index >= 15 is 0 Å². The zero-order valence-electron chi connectivity index (χ0n) is 12.9. The number of nitrogens with zero attached hydrogens (tertiary/aromatic N) is 1. The molecule has 0 aliphatic heterocycles. The Morgan fingerprint density at radius 3 is 2.40 bits per heavy atom. The van der Waals surface area contributed by atoms with E-state index in [0.29, 0.717) is 0 Å². The minimum absolute atomic E-state index is 0.740. The Balaban J connectivity index is 1.38. The monoisotopic (exact) mass is 272 g/mol. The maximum atomic E-state index is 3.81. The van der Waals surface area contributed by atoms with E-state index in [9.17, 15) is 0 Å². The van der Waals surface area contributed by atoms with Gasteiger partial charge in [-0.05, 0) is 64.2 Å². The lowest BCUT2D eigenvalue weighted by atomic mass is 9.85. The van der Waals surface area contributed by atoms with Crippen LogP contribution in [0, 0.1) is 5.92 Å². The molecule has 0 unspecified atom stereocenters. The summed E-state index contributed by atoms with van der Waals surface area (Å²) in [5.74, 6) is 1.68. The summed E-state index contributed by atoms with van der Waals surface area (Å²) in [6, 6.07) is 12.5. The third-order valence-corrected chi connectivity index (χ3v) is 5.23. The Morgan fingerprint density at radius 2 is 1.75 bits per heavy atom. The molecule has 2 nitrogen and oxygen atoms in total. The highest BCUT2D eigenvalue weighted by atomic mass is 15.1. The smallest absolute Gasteiger partial charge is 0.0143 e. The van der Waals surface area contributed by atoms with Crippen molar-refractivity contribution < 1.29 is 0 Å². The molecule has 0 aromatic heterocycles. The van der Waals surface area contributed by atoms with Crippen molar-refractivity contribution in [2.75, 3.05) is 20.6 Å². The van der Waals surface area contributed by atoms with Crippen LogP contribution in [0.25, 0.3) is 0 Å². The van der Waals surface area contributed by atoms with Crippen LogP contribution in [-0.4, -0.2) is 37.6 Å². The van der Waals surface area contributed by atoms with E-state index in [0.717, 1.165) is 23.9 Å². The normalized spacial score (nSPS) is 33.4. The quantitative estimate of drug-likeness (QED) is 0.885. The molecule has 110 valence electrons. The summed E-state index contributed by atoms with van der Waals surface area (Å²) >= 11 is 0. The number of rotatable bonds is 5. The first-order valence-corrected chi connectivity index (χ1v) is 8.19. The van der Waals surface area contributed by atoms with Crippen molar-refractivity contribution in [2.45, 2.75) is 50.1 Å². The van der Waals surface area contributed by atoms with Gasteiger partial charge in [0.25, 0.3) is 0 Å². The second-order valence-corrected chi connectivity index (χ2v) is 6.91. The first kappa shape index (κ1) is 14.1. The Morgan fingerprint density at radius 1 is 1.05 bits per heavy atom. The molecule has 2 saturated carbocycles. The topological polar surface area (TPSA) is 15.3 Å². The first-order chi connectivity index (χ1) is 9.74. The summed E-state index contributed by atoms with van der Waals surface area (Å²) in [5, 5.41) is 3.81. The zero-order chi connectivity index (χ0) is 13.9. The van der Waals surface area contributed by atoms with Crippen molar-refractivity contribution in [3.8, 4) is 0 Å². The number of nitrogens with one attached hydrogen (secondary N) is 1. The number of hydrogen-bond acceptors (Lipinski definition) is 2. The average molecular weight is 272 g/mol. The van der Waals surface area contributed by atoms with Crippen LogP contribution in [0.1, 0.15) is 43.6 Å². The minimum atomic E-state index is 0.740. The molecular weight excluding hydrogens is 244 g/mol. The van der Waals surface area contributed by atoms with E-state index in [4.69, 9.17) is 0 Å². The van der Waals surface area contributed by atoms with Gasteiger partial charge in [0.2, 0.25) is 0 Å². The summed E-state index contributed by atoms with van der Waals surface area (Å²) in [6.07, 6.45) is 6.90. The molecule has 20 heavy (non-hydrogen) atoms. The van der Waals surface area contributed by atoms with Gasteiger partial charge in [0.1, 0.15) is 0 Å². The molecule has 0 radical (unpaired) electrons. The first-order valence-electron chi connectivity index (χ1n) is 8.19. The highest BCUT2D eigenvalue weighted by Crippen LogP contribution is 2.40. The summed E-state index contributed by atoms with van der Waals surface area (Å²) in [4.78, 5) is 2.40. The van der Waals surface area contributed by atoms with Gasteiger partial charge >= 0.3 is 0 Å². The van der Waals surface area contributed by atoms with Crippen molar-refractivity contribution in [1.82, 2.24) is 10.2 Å². The summed E-state index contributed by atoms with van der Waals surface area (Å²) in [7, 11) is 4.44. The standard InChI is InChI=1S/C18H28N2/c1-20(2)16-10-8-14(9-11-16)13-19-18-12-17(18)15-6-4-3-5-7-15/h3-7,14,16-19H,8-13H2,1-2H3/t14?,16?,17-,18+/m0/s1. The number of benzene rings is 1. The maximum absolute atomic E-state index is 3.81. The third kappa shape index (κ3) is 3.42. The Hall–Kier alpha value is -0.860. The van der Waals surface area contributed by atoms with Crippen molar-refractivity contribution in [2.24, 2.45) is 5.92 Å². The van der Waals surface area contributed by atoms with E-state index in [1.807, 2.05) is 0 Å². The van der Waals surface area contributed by atoms with Crippen LogP contribution in [0.4, 0.5) is 0 Å². The lowest BCUT2D eigenvalue weighted by Crippen LogP contribution is -2.35. The molecule has 2 heteroatoms. The molecule has 1 N–H and O–H groups in total. The molecule has 0 heterocycles. The molecule has 2 aliphatic rings. The summed E-state index contributed by atoms with van der Waals surface area (Å²) < 4.78 is 0. The lowest BCUT2D eigenvalue weighted by Gasteiger charge is -2.32. The third-order valence-electron chi connectivity index (χ3n) is 5.23. The lowest BCUT2D eigenvalue weighted by molar-refractivity contribution is 0.191. The van der Waals surface area contributed by atoms with E-state index < -0.39 is 0 Å². The molecule has 2 atom stereocenters. The Labute approximate surface area is 123 Å². The second kappa shape index (κ2) is 6.28. The molecule has 0 saturated heterocycles. The van der Waals surface area contributed by atoms with Gasteiger partial charge in [-0.15, -0.1) is 0 Å². The molecule has 0 spiro atoms. The van der Waals surface area contributed by atoms with Gasteiger partial charge in [-0.3, -0.25) is 0 Å². The van der Waals surface area contributed by atoms with Crippen LogP contribution >= 0.6 is 0 Å². The molecule has 2 fully saturated rings. The second-order valence-electron chi connectivity index (χ2n) is 6.91. The summed E-state index contributed by atoms with van der Waals surface area (Å²) in [5.41, 5.74) is 1.52. The van der Waals surface area contributed by atoms with Crippen LogP contribution in [-0.2, 0) is 0 Å². The van der Waals surface area contributed by atoms with Gasteiger partial charge in [0, 0.05) is 18.0 Å². The van der Waals surface area contributed by atoms with E-state index in [1.165, 1.54) is 44.2 Å². The molecule has 1 aromatic rings. The van der Waals surface area contributed by atoms with Crippen LogP contribution in [0.15, 0.2) is 30.3 Å². The van der Waals surface area contributed by atoms with Crippen molar-refractivity contribution in [1.29, 1.82) is 0 Å². The van der Waals surface area contributed by atoms with Crippen molar-refractivity contribution >= 4 is 0 Å². The molecule has 0 amide bonds. The van der Waals surface area contributed by atoms with Crippen LogP contribution in [0.3, 0.4) is 0 Å². The maximum Gasteiger partial charge on any atom is 0.0143 e. The van der Waals surface area contributed by atoms with Gasteiger partial charge in [0.15, 0.2) is 0 Å². The van der Waals surface area contributed by atoms with Crippen molar-refractivity contribution in [3.63, 3.8) is 0 Å². The van der Waals surface area contributed by atoms with Crippen LogP contribution < -0.4 is 5.32 Å². The predicted molar refractivity (Wildman–Crippen MR) is 85.0 cm³/mol. The molecule has 1 aromatic carbocycles. The number of hydrogen-bond donors (Lipinski definition) is 1. The van der Waals surface area contributed by atoms with E-state index in [-0.39, 0.29) is 0 Å². The minimum Gasteiger partial charge on any atom is -0.313 e. The molecule has 2 aliphatic carbocycles. The van der Waals surface area contributed by atoms with Gasteiger partial charge in [-0.2, -0.15) is 0 Å². The molecule has 3 rings (SSSR count). The fraction of sp³-hybridized carbons (Fsp3) is 0.667. The average Bonchev–Trinajstić information content (AvgIpc) is 3.26. The zero-order valence-corrected chi connectivity index (χ0v) is 12.9. The van der Waals surface area contributed by atoms with Gasteiger partial charge in [0.05, 0.1) is 0 Å². The molecule has 0 bridgehead atoms. The van der Waals surface area contributed by atoms with Crippen LogP contribution in [0.2, 0.25) is 0 Å². The Kier molecular flexibility index (Phi) is 4.42. The fourth-order valence-electron chi connectivity index (χ4n) is 3.67. The largest absolute Gasteiger partial charge is 0.313 e. The SMILES string of the molecule is CN(C)C1CCC(CN[C@@H]2C[C@H]2c2ccccc2)CC1. The van der Waals surface area contributed by atoms with Crippen molar-refractivity contribution in [3.05, 3.63) is 35.9 Å². The van der Waals surface area contributed by atoms with E-state index in [1.54, 1.807) is 0 Å². The van der Waals surface area contributed by atoms with Gasteiger partial charge < -0.3 is 10.2 Å². The van der Waals surface area contributed by atoms with E-state index in [2.05, 4.69) is 54.6 Å². The highest BCUT2D eigenvalue weighted by molar-refractivity contribution is 5.27. The Bertz CT molecular complexity index is 407. The highest BCUT2D eigenvalue weighted by Gasteiger charge is 2.38. The summed E-state index contributed by atoms with van der Waals surface area (Å²) in [6.45, 7) is 1.23. The molecular formula is C18H28N2. The fourth-order valence-corrected chi connectivity index (χ4v) is 3.67. The van der Waals surface area contributed by atoms with Crippen LogP contribution in [0.5, 0.6) is 0 Å².